The largest absolute Gasteiger partial charge is 0.437 e. The van der Waals surface area contributed by atoms with Crippen LogP contribution in [0.1, 0.15) is 26.3 Å². The standard InChI is InChI=1S/C38H28FN3O/c1-38(2,3)30-18-10-15-27(23-11-5-4-6-12-23)34(30)42-32-21-25(39)19-20-31(32)41-36(42)29-17-9-16-28-33-26-14-8-7-13-24(26)22-40-37(33)43-35(28)29/h4-22H,1-3H3. The Bertz CT molecular complexity index is 2340. The quantitative estimate of drug-likeness (QED) is 0.216. The summed E-state index contributed by atoms with van der Waals surface area (Å²) in [5.74, 6) is 0.371. The number of hydrogen-bond donors (Lipinski definition) is 0. The van der Waals surface area contributed by atoms with Crippen LogP contribution in [0.4, 0.5) is 4.39 Å². The van der Waals surface area contributed by atoms with Crippen LogP contribution in [0.2, 0.25) is 0 Å². The summed E-state index contributed by atoms with van der Waals surface area (Å²) in [4.78, 5) is 9.83. The van der Waals surface area contributed by atoms with Crippen LogP contribution in [0.3, 0.4) is 0 Å². The van der Waals surface area contributed by atoms with Crippen molar-refractivity contribution in [3.8, 4) is 28.2 Å². The molecule has 0 spiro atoms. The number of imidazole rings is 1. The zero-order chi connectivity index (χ0) is 29.3. The van der Waals surface area contributed by atoms with Gasteiger partial charge in [0.2, 0.25) is 5.71 Å². The minimum absolute atomic E-state index is 0.213. The predicted molar refractivity (Wildman–Crippen MR) is 173 cm³/mol. The average Bonchev–Trinajstić information content (AvgIpc) is 3.59. The number of para-hydroxylation sites is 2. The fraction of sp³-hybridized carbons (Fsp3) is 0.105. The lowest BCUT2D eigenvalue weighted by atomic mass is 9.83. The van der Waals surface area contributed by atoms with Gasteiger partial charge in [0.05, 0.1) is 27.7 Å². The Morgan fingerprint density at radius 1 is 0.744 bits per heavy atom. The second-order valence-corrected chi connectivity index (χ2v) is 12.0. The summed E-state index contributed by atoms with van der Waals surface area (Å²) in [6, 6.07) is 35.9. The fourth-order valence-electron chi connectivity index (χ4n) is 6.30. The molecule has 0 N–H and O–H groups in total. The van der Waals surface area contributed by atoms with Crippen molar-refractivity contribution in [3.63, 3.8) is 0 Å². The predicted octanol–water partition coefficient (Wildman–Crippen LogP) is 10.2. The maximum atomic E-state index is 15.0. The molecule has 5 aromatic carbocycles. The molecule has 3 aromatic heterocycles. The van der Waals surface area contributed by atoms with Gasteiger partial charge in [-0.3, -0.25) is 4.57 Å². The molecule has 0 saturated heterocycles. The van der Waals surface area contributed by atoms with Crippen LogP contribution in [0, 0.1) is 5.82 Å². The SMILES string of the molecule is CC(C)(C)c1cccc(-c2ccccc2)c1-n1c(-c2cccc3c2oc2ncc4ccccc4c23)nc2ccc(F)cc21. The van der Waals surface area contributed by atoms with Crippen LogP contribution >= 0.6 is 0 Å². The summed E-state index contributed by atoms with van der Waals surface area (Å²) in [6.07, 6.45) is 1.85. The van der Waals surface area contributed by atoms with Gasteiger partial charge in [-0.15, -0.1) is 0 Å². The van der Waals surface area contributed by atoms with E-state index in [1.807, 2.05) is 48.7 Å². The number of hydrogen-bond acceptors (Lipinski definition) is 3. The Labute approximate surface area is 248 Å². The molecule has 0 aliphatic rings. The Balaban J connectivity index is 1.53. The fourth-order valence-corrected chi connectivity index (χ4v) is 6.30. The van der Waals surface area contributed by atoms with Gasteiger partial charge >= 0.3 is 0 Å². The second-order valence-electron chi connectivity index (χ2n) is 12.0. The third-order valence-electron chi connectivity index (χ3n) is 8.26. The number of nitrogens with zero attached hydrogens (tertiary/aromatic N) is 3. The van der Waals surface area contributed by atoms with Gasteiger partial charge in [0.1, 0.15) is 17.2 Å². The molecule has 0 unspecified atom stereocenters. The molecule has 8 aromatic rings. The first-order valence-electron chi connectivity index (χ1n) is 14.4. The minimum Gasteiger partial charge on any atom is -0.437 e. The molecule has 5 heteroatoms. The number of benzene rings is 5. The average molecular weight is 562 g/mol. The number of aromatic nitrogens is 3. The summed E-state index contributed by atoms with van der Waals surface area (Å²) in [5.41, 5.74) is 7.50. The molecule has 3 heterocycles. The molecule has 4 nitrogen and oxygen atoms in total. The van der Waals surface area contributed by atoms with Crippen molar-refractivity contribution in [3.05, 3.63) is 127 Å². The molecule has 8 rings (SSSR count). The van der Waals surface area contributed by atoms with Crippen LogP contribution in [-0.4, -0.2) is 14.5 Å². The van der Waals surface area contributed by atoms with Gasteiger partial charge in [0, 0.05) is 28.6 Å². The van der Waals surface area contributed by atoms with Crippen LogP contribution in [0.15, 0.2) is 120 Å². The summed E-state index contributed by atoms with van der Waals surface area (Å²) >= 11 is 0. The highest BCUT2D eigenvalue weighted by Crippen LogP contribution is 2.43. The van der Waals surface area contributed by atoms with Crippen LogP contribution < -0.4 is 0 Å². The highest BCUT2D eigenvalue weighted by Gasteiger charge is 2.27. The lowest BCUT2D eigenvalue weighted by Gasteiger charge is -2.27. The van der Waals surface area contributed by atoms with Crippen molar-refractivity contribution < 1.29 is 8.81 Å². The molecule has 0 saturated carbocycles. The molecule has 0 fully saturated rings. The molecule has 0 amide bonds. The van der Waals surface area contributed by atoms with Crippen molar-refractivity contribution in [2.75, 3.05) is 0 Å². The van der Waals surface area contributed by atoms with Gasteiger partial charge in [-0.05, 0) is 40.1 Å². The van der Waals surface area contributed by atoms with Crippen molar-refractivity contribution in [2.24, 2.45) is 0 Å². The third-order valence-corrected chi connectivity index (χ3v) is 8.26. The first-order chi connectivity index (χ1) is 20.9. The maximum absolute atomic E-state index is 15.0. The number of pyridine rings is 1. The van der Waals surface area contributed by atoms with E-state index in [1.165, 1.54) is 6.07 Å². The maximum Gasteiger partial charge on any atom is 0.227 e. The van der Waals surface area contributed by atoms with Gasteiger partial charge in [-0.25, -0.2) is 14.4 Å². The van der Waals surface area contributed by atoms with Crippen molar-refractivity contribution >= 4 is 43.9 Å². The van der Waals surface area contributed by atoms with Gasteiger partial charge in [-0.1, -0.05) is 106 Å². The Kier molecular flexibility index (Phi) is 5.54. The van der Waals surface area contributed by atoms with E-state index >= 15 is 0 Å². The van der Waals surface area contributed by atoms with Crippen LogP contribution in [0.25, 0.3) is 72.1 Å². The van der Waals surface area contributed by atoms with Crippen molar-refractivity contribution in [1.29, 1.82) is 0 Å². The zero-order valence-electron chi connectivity index (χ0n) is 24.1. The molecule has 0 aliphatic carbocycles. The smallest absolute Gasteiger partial charge is 0.227 e. The summed E-state index contributed by atoms with van der Waals surface area (Å²) in [5, 5.41) is 4.08. The first-order valence-corrected chi connectivity index (χ1v) is 14.4. The molecular weight excluding hydrogens is 533 g/mol. The normalized spacial score (nSPS) is 12.2. The van der Waals surface area contributed by atoms with Crippen LogP contribution in [0.5, 0.6) is 0 Å². The summed E-state index contributed by atoms with van der Waals surface area (Å²) < 4.78 is 23.6. The summed E-state index contributed by atoms with van der Waals surface area (Å²) in [7, 11) is 0. The Morgan fingerprint density at radius 2 is 1.49 bits per heavy atom. The lowest BCUT2D eigenvalue weighted by molar-refractivity contribution is 0.587. The van der Waals surface area contributed by atoms with E-state index < -0.39 is 0 Å². The first kappa shape index (κ1) is 25.4. The highest BCUT2D eigenvalue weighted by atomic mass is 19.1. The van der Waals surface area contributed by atoms with E-state index in [9.17, 15) is 4.39 Å². The summed E-state index contributed by atoms with van der Waals surface area (Å²) in [6.45, 7) is 6.62. The van der Waals surface area contributed by atoms with Crippen molar-refractivity contribution in [1.82, 2.24) is 14.5 Å². The lowest BCUT2D eigenvalue weighted by Crippen LogP contribution is -2.16. The highest BCUT2D eigenvalue weighted by molar-refractivity contribution is 6.19. The van der Waals surface area contributed by atoms with Crippen molar-refractivity contribution in [2.45, 2.75) is 26.2 Å². The molecule has 0 bridgehead atoms. The van der Waals surface area contributed by atoms with E-state index in [1.54, 1.807) is 12.1 Å². The minimum atomic E-state index is -0.313. The Hall–Kier alpha value is -5.29. The van der Waals surface area contributed by atoms with E-state index in [0.717, 1.165) is 49.5 Å². The van der Waals surface area contributed by atoms with Gasteiger partial charge in [-0.2, -0.15) is 0 Å². The van der Waals surface area contributed by atoms with Gasteiger partial charge in [0.15, 0.2) is 0 Å². The Morgan fingerprint density at radius 3 is 2.33 bits per heavy atom. The topological polar surface area (TPSA) is 43.9 Å². The third kappa shape index (κ3) is 3.96. The monoisotopic (exact) mass is 561 g/mol. The number of fused-ring (bicyclic) bond motifs is 6. The van der Waals surface area contributed by atoms with Gasteiger partial charge < -0.3 is 4.42 Å². The molecule has 208 valence electrons. The van der Waals surface area contributed by atoms with Crippen LogP contribution in [-0.2, 0) is 5.41 Å². The van der Waals surface area contributed by atoms with E-state index in [4.69, 9.17) is 9.40 Å². The molecular formula is C38H28FN3O. The van der Waals surface area contributed by atoms with E-state index in [-0.39, 0.29) is 11.2 Å². The molecule has 43 heavy (non-hydrogen) atoms. The number of halogens is 1. The number of rotatable bonds is 3. The van der Waals surface area contributed by atoms with E-state index in [0.29, 0.717) is 28.2 Å². The van der Waals surface area contributed by atoms with E-state index in [2.05, 4.69) is 78.9 Å². The second kappa shape index (κ2) is 9.36. The zero-order valence-corrected chi connectivity index (χ0v) is 24.1. The molecule has 0 radical (unpaired) electrons. The van der Waals surface area contributed by atoms with Gasteiger partial charge in [0.25, 0.3) is 0 Å². The molecule has 0 aliphatic heterocycles. The molecule has 0 atom stereocenters. The number of furan rings is 1.